The Hall–Kier alpha value is -2.94. The Morgan fingerprint density at radius 3 is 2.72 bits per heavy atom. The number of rotatable bonds is 6. The van der Waals surface area contributed by atoms with E-state index in [-0.39, 0.29) is 18.1 Å². The molecule has 0 unspecified atom stereocenters. The third-order valence-corrected chi connectivity index (χ3v) is 7.23. The van der Waals surface area contributed by atoms with E-state index < -0.39 is 0 Å². The summed E-state index contributed by atoms with van der Waals surface area (Å²) in [6, 6.07) is 16.7. The van der Waals surface area contributed by atoms with Gasteiger partial charge in [0.25, 0.3) is 0 Å². The Kier molecular flexibility index (Phi) is 6.07. The van der Waals surface area contributed by atoms with E-state index in [9.17, 15) is 9.18 Å². The molecular formula is C24H21FN4OS2. The summed E-state index contributed by atoms with van der Waals surface area (Å²) < 4.78 is 13.1. The van der Waals surface area contributed by atoms with Gasteiger partial charge in [0.1, 0.15) is 10.8 Å². The molecular weight excluding hydrogens is 443 g/mol. The molecule has 1 aliphatic heterocycles. The second kappa shape index (κ2) is 9.28. The molecule has 1 amide bonds. The standard InChI is InChI=1S/C24H21FN4OS2/c25-18-8-6-17(7-9-18)23-26-19(15-31-23)12-22(30)28-24-27-20-10-11-29(14-21(20)32-24)13-16-4-2-1-3-5-16/h1-9,15H,10-14H2,(H,27,28,30). The van der Waals surface area contributed by atoms with E-state index in [4.69, 9.17) is 0 Å². The van der Waals surface area contributed by atoms with Crippen LogP contribution in [0, 0.1) is 5.82 Å². The highest BCUT2D eigenvalue weighted by Gasteiger charge is 2.21. The van der Waals surface area contributed by atoms with Crippen LogP contribution in [0.3, 0.4) is 0 Å². The van der Waals surface area contributed by atoms with Crippen LogP contribution < -0.4 is 5.32 Å². The lowest BCUT2D eigenvalue weighted by molar-refractivity contribution is -0.115. The molecule has 0 saturated heterocycles. The van der Waals surface area contributed by atoms with Crippen molar-refractivity contribution in [2.75, 3.05) is 11.9 Å². The molecule has 8 heteroatoms. The van der Waals surface area contributed by atoms with Gasteiger partial charge in [-0.3, -0.25) is 9.69 Å². The van der Waals surface area contributed by atoms with E-state index >= 15 is 0 Å². The summed E-state index contributed by atoms with van der Waals surface area (Å²) in [6.45, 7) is 2.73. The van der Waals surface area contributed by atoms with Crippen molar-refractivity contribution in [3.05, 3.63) is 87.6 Å². The number of carbonyl (C=O) groups excluding carboxylic acids is 1. The second-order valence-electron chi connectivity index (χ2n) is 7.71. The van der Waals surface area contributed by atoms with Gasteiger partial charge in [0.05, 0.1) is 17.8 Å². The molecule has 32 heavy (non-hydrogen) atoms. The minimum absolute atomic E-state index is 0.131. The summed E-state index contributed by atoms with van der Waals surface area (Å²) in [4.78, 5) is 25.3. The van der Waals surface area contributed by atoms with Crippen molar-refractivity contribution >= 4 is 33.7 Å². The van der Waals surface area contributed by atoms with Gasteiger partial charge in [0, 0.05) is 41.9 Å². The van der Waals surface area contributed by atoms with Crippen LogP contribution in [0.15, 0.2) is 60.0 Å². The summed E-state index contributed by atoms with van der Waals surface area (Å²) >= 11 is 3.00. The average Bonchev–Trinajstić information content (AvgIpc) is 3.41. The molecule has 0 bridgehead atoms. The molecule has 0 radical (unpaired) electrons. The quantitative estimate of drug-likeness (QED) is 0.429. The lowest BCUT2D eigenvalue weighted by atomic mass is 10.1. The van der Waals surface area contributed by atoms with E-state index in [0.717, 1.165) is 42.3 Å². The molecule has 0 spiro atoms. The maximum absolute atomic E-state index is 13.1. The zero-order chi connectivity index (χ0) is 21.9. The molecule has 0 atom stereocenters. The number of thiazole rings is 2. The fourth-order valence-corrected chi connectivity index (χ4v) is 5.61. The Morgan fingerprint density at radius 1 is 1.09 bits per heavy atom. The highest BCUT2D eigenvalue weighted by molar-refractivity contribution is 7.15. The van der Waals surface area contributed by atoms with Crippen LogP contribution in [-0.2, 0) is 30.7 Å². The maximum Gasteiger partial charge on any atom is 0.232 e. The van der Waals surface area contributed by atoms with Gasteiger partial charge in [0.2, 0.25) is 5.91 Å². The van der Waals surface area contributed by atoms with Crippen molar-refractivity contribution in [1.82, 2.24) is 14.9 Å². The molecule has 4 aromatic rings. The van der Waals surface area contributed by atoms with Crippen LogP contribution in [0.2, 0.25) is 0 Å². The van der Waals surface area contributed by atoms with Gasteiger partial charge in [0.15, 0.2) is 5.13 Å². The molecule has 5 nitrogen and oxygen atoms in total. The van der Waals surface area contributed by atoms with Crippen molar-refractivity contribution < 1.29 is 9.18 Å². The van der Waals surface area contributed by atoms with Crippen LogP contribution in [0.4, 0.5) is 9.52 Å². The minimum atomic E-state index is -0.278. The Bertz CT molecular complexity index is 1220. The topological polar surface area (TPSA) is 58.1 Å². The number of nitrogens with one attached hydrogen (secondary N) is 1. The van der Waals surface area contributed by atoms with Crippen molar-refractivity contribution in [2.24, 2.45) is 0 Å². The molecule has 2 aromatic carbocycles. The molecule has 0 saturated carbocycles. The van der Waals surface area contributed by atoms with Crippen molar-refractivity contribution in [2.45, 2.75) is 25.9 Å². The molecule has 0 aliphatic carbocycles. The average molecular weight is 465 g/mol. The highest BCUT2D eigenvalue weighted by Crippen LogP contribution is 2.29. The summed E-state index contributed by atoms with van der Waals surface area (Å²) in [6.07, 6.45) is 1.07. The van der Waals surface area contributed by atoms with Crippen molar-refractivity contribution in [1.29, 1.82) is 0 Å². The predicted octanol–water partition coefficient (Wildman–Crippen LogP) is 5.15. The Morgan fingerprint density at radius 2 is 1.91 bits per heavy atom. The smallest absolute Gasteiger partial charge is 0.232 e. The SMILES string of the molecule is O=C(Cc1csc(-c2ccc(F)cc2)n1)Nc1nc2c(s1)CN(Cc1ccccc1)CC2. The second-order valence-corrected chi connectivity index (χ2v) is 9.65. The molecule has 1 N–H and O–H groups in total. The van der Waals surface area contributed by atoms with Gasteiger partial charge in [-0.05, 0) is 29.8 Å². The van der Waals surface area contributed by atoms with Crippen LogP contribution in [0.1, 0.15) is 21.8 Å². The predicted molar refractivity (Wildman–Crippen MR) is 126 cm³/mol. The number of anilines is 1. The van der Waals surface area contributed by atoms with Gasteiger partial charge in [-0.1, -0.05) is 30.3 Å². The zero-order valence-electron chi connectivity index (χ0n) is 17.3. The summed E-state index contributed by atoms with van der Waals surface area (Å²) in [5.41, 5.74) is 3.93. The highest BCUT2D eigenvalue weighted by atomic mass is 32.1. The molecule has 1 aliphatic rings. The first-order valence-electron chi connectivity index (χ1n) is 10.4. The lowest BCUT2D eigenvalue weighted by Crippen LogP contribution is -2.29. The van der Waals surface area contributed by atoms with Gasteiger partial charge >= 0.3 is 0 Å². The largest absolute Gasteiger partial charge is 0.302 e. The van der Waals surface area contributed by atoms with Crippen LogP contribution in [0.5, 0.6) is 0 Å². The van der Waals surface area contributed by atoms with Crippen molar-refractivity contribution in [3.63, 3.8) is 0 Å². The number of amides is 1. The number of aromatic nitrogens is 2. The van der Waals surface area contributed by atoms with E-state index in [0.29, 0.717) is 10.8 Å². The molecule has 5 rings (SSSR count). The van der Waals surface area contributed by atoms with Crippen molar-refractivity contribution in [3.8, 4) is 10.6 Å². The Labute approximate surface area is 193 Å². The number of hydrogen-bond donors (Lipinski definition) is 1. The van der Waals surface area contributed by atoms with Crippen LogP contribution in [0.25, 0.3) is 10.6 Å². The summed E-state index contributed by atoms with van der Waals surface area (Å²) in [5, 5.41) is 6.22. The van der Waals surface area contributed by atoms with Gasteiger partial charge in [-0.2, -0.15) is 0 Å². The Balaban J connectivity index is 1.19. The zero-order valence-corrected chi connectivity index (χ0v) is 18.9. The number of fused-ring (bicyclic) bond motifs is 1. The van der Waals surface area contributed by atoms with E-state index in [1.54, 1.807) is 23.5 Å². The fourth-order valence-electron chi connectivity index (χ4n) is 3.72. The van der Waals surface area contributed by atoms with E-state index in [2.05, 4.69) is 44.5 Å². The van der Waals surface area contributed by atoms with Gasteiger partial charge < -0.3 is 5.32 Å². The summed E-state index contributed by atoms with van der Waals surface area (Å²) in [7, 11) is 0. The van der Waals surface area contributed by atoms with E-state index in [1.165, 1.54) is 33.9 Å². The lowest BCUT2D eigenvalue weighted by Gasteiger charge is -2.25. The van der Waals surface area contributed by atoms with Crippen LogP contribution in [-0.4, -0.2) is 27.3 Å². The van der Waals surface area contributed by atoms with E-state index in [1.807, 2.05) is 11.4 Å². The normalized spacial score (nSPS) is 13.7. The summed E-state index contributed by atoms with van der Waals surface area (Å²) in [5.74, 6) is -0.410. The number of hydrogen-bond acceptors (Lipinski definition) is 6. The molecule has 162 valence electrons. The van der Waals surface area contributed by atoms with Gasteiger partial charge in [-0.15, -0.1) is 22.7 Å². The third kappa shape index (κ3) is 4.93. The monoisotopic (exact) mass is 464 g/mol. The third-order valence-electron chi connectivity index (χ3n) is 5.29. The number of carbonyl (C=O) groups is 1. The first-order valence-corrected chi connectivity index (χ1v) is 12.1. The number of benzene rings is 2. The van der Waals surface area contributed by atoms with Crippen LogP contribution >= 0.6 is 22.7 Å². The maximum atomic E-state index is 13.1. The number of nitrogens with zero attached hydrogens (tertiary/aromatic N) is 3. The fraction of sp³-hybridized carbons (Fsp3) is 0.208. The van der Waals surface area contributed by atoms with Gasteiger partial charge in [-0.25, -0.2) is 14.4 Å². The molecule has 3 heterocycles. The molecule has 0 fully saturated rings. The minimum Gasteiger partial charge on any atom is -0.302 e. The first-order chi connectivity index (χ1) is 15.6. The molecule has 2 aromatic heterocycles. The first kappa shape index (κ1) is 20.9. The number of halogens is 1.